The lowest BCUT2D eigenvalue weighted by atomic mass is 9.95. The summed E-state index contributed by atoms with van der Waals surface area (Å²) in [5, 5.41) is 21.8. The van der Waals surface area contributed by atoms with Crippen molar-refractivity contribution in [2.45, 2.75) is 44.2 Å². The second-order valence-corrected chi connectivity index (χ2v) is 9.21. The third-order valence-corrected chi connectivity index (χ3v) is 6.79. The number of benzene rings is 2. The van der Waals surface area contributed by atoms with Crippen LogP contribution in [0.3, 0.4) is 0 Å². The van der Waals surface area contributed by atoms with Crippen LogP contribution < -0.4 is 10.1 Å². The summed E-state index contributed by atoms with van der Waals surface area (Å²) in [6, 6.07) is 13.4. The number of carboxylic acid groups (broad SMARTS) is 1. The molecular formula is C25H28N2O6. The third kappa shape index (κ3) is 4.82. The van der Waals surface area contributed by atoms with Gasteiger partial charge in [-0.1, -0.05) is 18.2 Å². The van der Waals surface area contributed by atoms with E-state index in [1.54, 1.807) is 12.1 Å². The van der Waals surface area contributed by atoms with Gasteiger partial charge in [0.2, 0.25) is 6.29 Å². The first kappa shape index (κ1) is 21.7. The Morgan fingerprint density at radius 1 is 1.06 bits per heavy atom. The van der Waals surface area contributed by atoms with Crippen molar-refractivity contribution in [3.05, 3.63) is 53.6 Å². The van der Waals surface area contributed by atoms with Crippen LogP contribution in [-0.4, -0.2) is 58.6 Å². The van der Waals surface area contributed by atoms with Gasteiger partial charge in [0, 0.05) is 36.7 Å². The van der Waals surface area contributed by atoms with Gasteiger partial charge in [-0.3, -0.25) is 4.79 Å². The Hall–Kier alpha value is -3.10. The minimum Gasteiger partial charge on any atom is -0.465 e. The lowest BCUT2D eigenvalue weighted by Crippen LogP contribution is -2.43. The number of nitrogens with zero attached hydrogens (tertiary/aromatic N) is 1. The van der Waals surface area contributed by atoms with Gasteiger partial charge >= 0.3 is 6.09 Å². The Labute approximate surface area is 192 Å². The summed E-state index contributed by atoms with van der Waals surface area (Å²) in [5.41, 5.74) is 2.81. The molecule has 2 fully saturated rings. The Morgan fingerprint density at radius 3 is 2.42 bits per heavy atom. The average Bonchev–Trinajstić information content (AvgIpc) is 3.59. The molecule has 8 nitrogen and oxygen atoms in total. The maximum absolute atomic E-state index is 12.3. The first-order valence-corrected chi connectivity index (χ1v) is 11.4. The number of nitrogens with one attached hydrogen (secondary N) is 1. The van der Waals surface area contributed by atoms with Gasteiger partial charge in [0.1, 0.15) is 5.75 Å². The number of piperidine rings is 1. The lowest BCUT2D eigenvalue weighted by Gasteiger charge is -2.36. The standard InChI is InChI=1S/C25H28N2O6/c28-22(26-15-25(31)9-10-25)17-3-1-16(2-4-17)19-5-6-21-20(13-19)14-32-23(33-21)18-7-11-27(12-8-18)24(29)30/h1-6,13,18,23,31H,7-12,14-15H2,(H,26,28)(H,29,30). The highest BCUT2D eigenvalue weighted by Crippen LogP contribution is 2.35. The van der Waals surface area contributed by atoms with E-state index >= 15 is 0 Å². The van der Waals surface area contributed by atoms with Crippen molar-refractivity contribution in [2.75, 3.05) is 19.6 Å². The minimum absolute atomic E-state index is 0.174. The van der Waals surface area contributed by atoms with Crippen molar-refractivity contribution in [1.82, 2.24) is 10.2 Å². The van der Waals surface area contributed by atoms with Crippen molar-refractivity contribution < 1.29 is 29.3 Å². The molecule has 2 heterocycles. The predicted octanol–water partition coefficient (Wildman–Crippen LogP) is 3.23. The maximum atomic E-state index is 12.3. The summed E-state index contributed by atoms with van der Waals surface area (Å²) >= 11 is 0. The Morgan fingerprint density at radius 2 is 1.76 bits per heavy atom. The molecule has 2 aromatic carbocycles. The molecule has 0 spiro atoms. The summed E-state index contributed by atoms with van der Waals surface area (Å²) in [5.74, 6) is 0.784. The number of carbonyl (C=O) groups is 2. The highest BCUT2D eigenvalue weighted by molar-refractivity contribution is 5.94. The number of amides is 2. The van der Waals surface area contributed by atoms with Gasteiger partial charge in [-0.2, -0.15) is 0 Å². The van der Waals surface area contributed by atoms with E-state index in [4.69, 9.17) is 14.6 Å². The molecule has 2 aliphatic heterocycles. The Balaban J connectivity index is 1.21. The largest absolute Gasteiger partial charge is 0.465 e. The van der Waals surface area contributed by atoms with E-state index in [1.165, 1.54) is 4.90 Å². The molecule has 2 aromatic rings. The van der Waals surface area contributed by atoms with Crippen molar-refractivity contribution in [2.24, 2.45) is 5.92 Å². The maximum Gasteiger partial charge on any atom is 0.407 e. The minimum atomic E-state index is -0.873. The summed E-state index contributed by atoms with van der Waals surface area (Å²) in [7, 11) is 0. The summed E-state index contributed by atoms with van der Waals surface area (Å²) in [4.78, 5) is 24.8. The number of aliphatic hydroxyl groups is 1. The molecule has 1 saturated heterocycles. The number of hydrogen-bond acceptors (Lipinski definition) is 5. The van der Waals surface area contributed by atoms with Crippen molar-refractivity contribution in [1.29, 1.82) is 0 Å². The van der Waals surface area contributed by atoms with Gasteiger partial charge in [-0.25, -0.2) is 4.79 Å². The fourth-order valence-corrected chi connectivity index (χ4v) is 4.40. The molecule has 1 aliphatic carbocycles. The van der Waals surface area contributed by atoms with Crippen LogP contribution in [0.5, 0.6) is 5.75 Å². The molecule has 0 bridgehead atoms. The van der Waals surface area contributed by atoms with Gasteiger partial charge in [0.15, 0.2) is 0 Å². The van der Waals surface area contributed by atoms with E-state index in [0.29, 0.717) is 25.3 Å². The molecule has 8 heteroatoms. The Bertz CT molecular complexity index is 1040. The molecule has 1 unspecified atom stereocenters. The number of fused-ring (bicyclic) bond motifs is 1. The van der Waals surface area contributed by atoms with E-state index in [9.17, 15) is 14.7 Å². The smallest absolute Gasteiger partial charge is 0.407 e. The second kappa shape index (κ2) is 8.68. The number of rotatable bonds is 5. The summed E-state index contributed by atoms with van der Waals surface area (Å²) < 4.78 is 12.1. The fraction of sp³-hybridized carbons (Fsp3) is 0.440. The molecule has 0 aromatic heterocycles. The molecule has 0 radical (unpaired) electrons. The molecule has 3 aliphatic rings. The number of hydrogen-bond donors (Lipinski definition) is 3. The lowest BCUT2D eigenvalue weighted by molar-refractivity contribution is -0.148. The monoisotopic (exact) mass is 452 g/mol. The highest BCUT2D eigenvalue weighted by Gasteiger charge is 2.40. The van der Waals surface area contributed by atoms with Crippen LogP contribution >= 0.6 is 0 Å². The van der Waals surface area contributed by atoms with Crippen LogP contribution in [0, 0.1) is 5.92 Å². The van der Waals surface area contributed by atoms with Gasteiger partial charge in [-0.05, 0) is 61.1 Å². The summed E-state index contributed by atoms with van der Waals surface area (Å²) in [6.07, 6.45) is 1.70. The highest BCUT2D eigenvalue weighted by atomic mass is 16.7. The molecule has 1 saturated carbocycles. The topological polar surface area (TPSA) is 108 Å². The van der Waals surface area contributed by atoms with Crippen LogP contribution in [0.25, 0.3) is 11.1 Å². The quantitative estimate of drug-likeness (QED) is 0.643. The van der Waals surface area contributed by atoms with Gasteiger partial charge in [0.25, 0.3) is 5.91 Å². The summed E-state index contributed by atoms with van der Waals surface area (Å²) in [6.45, 7) is 1.74. The molecular weight excluding hydrogens is 424 g/mol. The number of carbonyl (C=O) groups excluding carboxylic acids is 1. The van der Waals surface area contributed by atoms with Gasteiger partial charge in [0.05, 0.1) is 12.2 Å². The van der Waals surface area contributed by atoms with Crippen LogP contribution in [0.1, 0.15) is 41.6 Å². The molecule has 5 rings (SSSR count). The first-order valence-electron chi connectivity index (χ1n) is 11.4. The second-order valence-electron chi connectivity index (χ2n) is 9.21. The Kier molecular flexibility index (Phi) is 5.72. The zero-order valence-corrected chi connectivity index (χ0v) is 18.3. The van der Waals surface area contributed by atoms with Crippen LogP contribution in [-0.2, 0) is 11.3 Å². The first-order chi connectivity index (χ1) is 15.9. The zero-order valence-electron chi connectivity index (χ0n) is 18.3. The zero-order chi connectivity index (χ0) is 23.0. The fourth-order valence-electron chi connectivity index (χ4n) is 4.40. The predicted molar refractivity (Wildman–Crippen MR) is 120 cm³/mol. The molecule has 33 heavy (non-hydrogen) atoms. The van der Waals surface area contributed by atoms with Crippen molar-refractivity contribution in [3.63, 3.8) is 0 Å². The van der Waals surface area contributed by atoms with E-state index in [0.717, 1.165) is 48.1 Å². The van der Waals surface area contributed by atoms with Gasteiger partial charge < -0.3 is 29.9 Å². The van der Waals surface area contributed by atoms with Crippen LogP contribution in [0.15, 0.2) is 42.5 Å². The van der Waals surface area contributed by atoms with E-state index < -0.39 is 11.7 Å². The molecule has 174 valence electrons. The van der Waals surface area contributed by atoms with E-state index in [-0.39, 0.29) is 24.7 Å². The molecule has 3 N–H and O–H groups in total. The normalized spacial score (nSPS) is 21.6. The van der Waals surface area contributed by atoms with Crippen LogP contribution in [0.4, 0.5) is 4.79 Å². The third-order valence-electron chi connectivity index (χ3n) is 6.79. The van der Waals surface area contributed by atoms with Crippen molar-refractivity contribution >= 4 is 12.0 Å². The van der Waals surface area contributed by atoms with E-state index in [2.05, 4.69) is 5.32 Å². The molecule has 2 amide bonds. The number of likely N-dealkylation sites (tertiary alicyclic amines) is 1. The average molecular weight is 453 g/mol. The van der Waals surface area contributed by atoms with Crippen LogP contribution in [0.2, 0.25) is 0 Å². The van der Waals surface area contributed by atoms with E-state index in [1.807, 2.05) is 30.3 Å². The van der Waals surface area contributed by atoms with Crippen molar-refractivity contribution in [3.8, 4) is 16.9 Å². The molecule has 1 atom stereocenters. The SMILES string of the molecule is O=C(NCC1(O)CC1)c1ccc(-c2ccc3c(c2)COC(C2CCN(C(=O)O)CC2)O3)cc1. The van der Waals surface area contributed by atoms with Gasteiger partial charge in [-0.15, -0.1) is 0 Å². The number of ether oxygens (including phenoxy) is 2.